The number of anilines is 1. The van der Waals surface area contributed by atoms with Gasteiger partial charge >= 0.3 is 0 Å². The molecule has 1 atom stereocenters. The summed E-state index contributed by atoms with van der Waals surface area (Å²) in [5, 5.41) is 15.2. The molecule has 1 aliphatic heterocycles. The molecular formula is C40H40Cl2N8O2. The first-order chi connectivity index (χ1) is 24.9. The van der Waals surface area contributed by atoms with Gasteiger partial charge in [0.05, 0.1) is 28.5 Å². The second kappa shape index (κ2) is 12.9. The number of rotatable bonds is 8. The van der Waals surface area contributed by atoms with E-state index in [4.69, 9.17) is 33.0 Å². The number of aromatic nitrogens is 7. The van der Waals surface area contributed by atoms with Crippen molar-refractivity contribution in [2.75, 3.05) is 18.1 Å². The van der Waals surface area contributed by atoms with Gasteiger partial charge in [-0.1, -0.05) is 29.3 Å². The third-order valence-corrected chi connectivity index (χ3v) is 11.4. The number of ether oxygens (including phenoxy) is 1. The van der Waals surface area contributed by atoms with E-state index in [1.54, 1.807) is 6.33 Å². The molecule has 0 fully saturated rings. The molecule has 12 heteroatoms. The van der Waals surface area contributed by atoms with Gasteiger partial charge in [-0.25, -0.2) is 4.98 Å². The summed E-state index contributed by atoms with van der Waals surface area (Å²) in [6, 6.07) is 14.0. The van der Waals surface area contributed by atoms with E-state index in [9.17, 15) is 0 Å². The van der Waals surface area contributed by atoms with E-state index in [-0.39, 0.29) is 11.9 Å². The molecule has 4 aromatic heterocycles. The van der Waals surface area contributed by atoms with Crippen molar-refractivity contribution in [2.24, 2.45) is 14.1 Å². The number of benzene rings is 3. The highest BCUT2D eigenvalue weighted by molar-refractivity contribution is 6.35. The van der Waals surface area contributed by atoms with Crippen molar-refractivity contribution < 1.29 is 9.53 Å². The monoisotopic (exact) mass is 734 g/mol. The van der Waals surface area contributed by atoms with Gasteiger partial charge in [0.25, 0.3) is 5.91 Å². The zero-order valence-electron chi connectivity index (χ0n) is 30.3. The van der Waals surface area contributed by atoms with Crippen LogP contribution < -0.4 is 9.64 Å². The summed E-state index contributed by atoms with van der Waals surface area (Å²) >= 11 is 13.5. The summed E-state index contributed by atoms with van der Waals surface area (Å²) in [6.07, 6.45) is 4.95. The number of hydrogen-bond donors (Lipinski definition) is 1. The van der Waals surface area contributed by atoms with E-state index in [1.165, 1.54) is 0 Å². The van der Waals surface area contributed by atoms with Gasteiger partial charge in [-0.05, 0) is 101 Å². The highest BCUT2D eigenvalue weighted by Gasteiger charge is 2.37. The lowest BCUT2D eigenvalue weighted by Gasteiger charge is -2.34. The van der Waals surface area contributed by atoms with Gasteiger partial charge in [0.2, 0.25) is 0 Å². The van der Waals surface area contributed by atoms with Crippen molar-refractivity contribution in [2.45, 2.75) is 53.5 Å². The number of nitrogens with one attached hydrogen (secondary N) is 1. The van der Waals surface area contributed by atoms with Crippen molar-refractivity contribution in [1.29, 1.82) is 0 Å². The third-order valence-electron chi connectivity index (χ3n) is 10.5. The largest absolute Gasteiger partial charge is 0.494 e. The first-order valence-corrected chi connectivity index (χ1v) is 18.2. The summed E-state index contributed by atoms with van der Waals surface area (Å²) in [6.45, 7) is 11.2. The van der Waals surface area contributed by atoms with Crippen LogP contribution in [0, 0.1) is 27.7 Å². The van der Waals surface area contributed by atoms with Crippen LogP contribution in [-0.2, 0) is 20.5 Å². The molecule has 10 nitrogen and oxygen atoms in total. The maximum Gasteiger partial charge on any atom is 0.275 e. The van der Waals surface area contributed by atoms with Gasteiger partial charge in [0.15, 0.2) is 5.82 Å². The predicted octanol–water partition coefficient (Wildman–Crippen LogP) is 9.09. The Balaban J connectivity index is 1.26. The minimum Gasteiger partial charge on any atom is -0.494 e. The van der Waals surface area contributed by atoms with Crippen molar-refractivity contribution in [1.82, 2.24) is 34.1 Å². The molecule has 1 aliphatic rings. The Morgan fingerprint density at radius 2 is 1.75 bits per heavy atom. The minimum atomic E-state index is -0.0684. The number of fused-ring (bicyclic) bond motifs is 4. The Hall–Kier alpha value is -5.06. The number of halogens is 2. The number of hydrogen-bond acceptors (Lipinski definition) is 5. The van der Waals surface area contributed by atoms with Crippen LogP contribution in [-0.4, -0.2) is 53.2 Å². The topological polar surface area (TPSA) is 98.8 Å². The predicted molar refractivity (Wildman–Crippen MR) is 208 cm³/mol. The molecule has 0 saturated heterocycles. The highest BCUT2D eigenvalue weighted by atomic mass is 35.5. The smallest absolute Gasteiger partial charge is 0.275 e. The average molecular weight is 736 g/mol. The Bertz CT molecular complexity index is 2520. The molecule has 7 aromatic rings. The molecule has 52 heavy (non-hydrogen) atoms. The quantitative estimate of drug-likeness (QED) is 0.157. The lowest BCUT2D eigenvalue weighted by atomic mass is 9.98. The van der Waals surface area contributed by atoms with E-state index < -0.39 is 0 Å². The van der Waals surface area contributed by atoms with Crippen LogP contribution in [0.15, 0.2) is 55.0 Å². The number of H-pyrrole nitrogens is 1. The summed E-state index contributed by atoms with van der Waals surface area (Å²) in [4.78, 5) is 21.4. The second-order valence-electron chi connectivity index (χ2n) is 14.0. The normalized spacial score (nSPS) is 14.6. The van der Waals surface area contributed by atoms with E-state index >= 15 is 4.79 Å². The van der Waals surface area contributed by atoms with Crippen LogP contribution in [0.2, 0.25) is 10.0 Å². The number of amides is 1. The maximum atomic E-state index is 15.1. The molecule has 0 aliphatic carbocycles. The van der Waals surface area contributed by atoms with E-state index in [1.807, 2.05) is 74.9 Å². The molecule has 3 aromatic carbocycles. The van der Waals surface area contributed by atoms with Crippen LogP contribution >= 0.6 is 23.2 Å². The van der Waals surface area contributed by atoms with Crippen LogP contribution in [0.1, 0.15) is 58.0 Å². The molecule has 1 amide bonds. The number of carbonyl (C=O) groups excluding carboxylic acids is 1. The number of aromatic amines is 1. The van der Waals surface area contributed by atoms with Crippen molar-refractivity contribution in [3.05, 3.63) is 98.8 Å². The fourth-order valence-electron chi connectivity index (χ4n) is 8.01. The van der Waals surface area contributed by atoms with Gasteiger partial charge < -0.3 is 18.8 Å². The standard InChI is InChI=1S/C40H40Cl2N8O2/c1-21-15-27(16-22(2)36(21)42)52-14-8-9-28-29-11-12-31(41)35(34-24(4)46-48(7)25(34)5)37(29)50-23(3)18-49(40(51)38(28)50)33-19-47(6)32-13-10-26(17-30(32)33)39-43-20-44-45-39/h10-13,15-17,19-20,23H,8-9,14,18H2,1-7H3,(H,43,44,45)/t23-/m1/s1. The Morgan fingerprint density at radius 3 is 2.44 bits per heavy atom. The van der Waals surface area contributed by atoms with E-state index in [2.05, 4.69) is 56.4 Å². The number of carbonyl (C=O) groups is 1. The average Bonchev–Trinajstić information content (AvgIpc) is 3.89. The van der Waals surface area contributed by atoms with Crippen LogP contribution in [0.3, 0.4) is 0 Å². The van der Waals surface area contributed by atoms with Crippen molar-refractivity contribution in [3.8, 4) is 28.3 Å². The molecule has 1 N–H and O–H groups in total. The van der Waals surface area contributed by atoms with Gasteiger partial charge in [0.1, 0.15) is 17.8 Å². The Labute approximate surface area is 311 Å². The Kier molecular flexibility index (Phi) is 8.42. The number of aryl methyl sites for hydroxylation is 6. The first kappa shape index (κ1) is 34.0. The lowest BCUT2D eigenvalue weighted by Crippen LogP contribution is -2.42. The van der Waals surface area contributed by atoms with Crippen LogP contribution in [0.4, 0.5) is 5.69 Å². The van der Waals surface area contributed by atoms with Crippen molar-refractivity contribution in [3.63, 3.8) is 0 Å². The Morgan fingerprint density at radius 1 is 0.981 bits per heavy atom. The van der Waals surface area contributed by atoms with Gasteiger partial charge in [0, 0.05) is 76.6 Å². The molecule has 266 valence electrons. The summed E-state index contributed by atoms with van der Waals surface area (Å²) in [7, 11) is 3.96. The summed E-state index contributed by atoms with van der Waals surface area (Å²) < 4.78 is 12.4. The molecule has 8 rings (SSSR count). The summed E-state index contributed by atoms with van der Waals surface area (Å²) in [5.41, 5.74) is 11.1. The third kappa shape index (κ3) is 5.38. The minimum absolute atomic E-state index is 0.0494. The van der Waals surface area contributed by atoms with Crippen LogP contribution in [0.5, 0.6) is 5.75 Å². The van der Waals surface area contributed by atoms with Gasteiger partial charge in [-0.15, -0.1) is 0 Å². The van der Waals surface area contributed by atoms with E-state index in [0.29, 0.717) is 42.5 Å². The lowest BCUT2D eigenvalue weighted by molar-refractivity contribution is 0.0957. The number of nitrogens with zero attached hydrogens (tertiary/aromatic N) is 7. The fourth-order valence-corrected chi connectivity index (χ4v) is 8.37. The molecule has 0 radical (unpaired) electrons. The molecular weight excluding hydrogens is 695 g/mol. The first-order valence-electron chi connectivity index (χ1n) is 17.5. The van der Waals surface area contributed by atoms with Crippen LogP contribution in [0.25, 0.3) is 44.3 Å². The molecule has 0 saturated carbocycles. The van der Waals surface area contributed by atoms with Gasteiger partial charge in [-0.2, -0.15) is 10.2 Å². The SMILES string of the molecule is Cc1cc(OCCCc2c3n(c4c(-c5c(C)nn(C)c5C)c(Cl)ccc24)[C@H](C)CN(c2cn(C)c4ccc(-c5nc[nH]n5)cc24)C3=O)cc(C)c1Cl. The zero-order valence-corrected chi connectivity index (χ0v) is 31.8. The summed E-state index contributed by atoms with van der Waals surface area (Å²) in [5.74, 6) is 1.34. The maximum absolute atomic E-state index is 15.1. The molecule has 0 unspecified atom stereocenters. The molecule has 0 spiro atoms. The van der Waals surface area contributed by atoms with Crippen molar-refractivity contribution >= 4 is 56.6 Å². The van der Waals surface area contributed by atoms with Gasteiger partial charge in [-0.3, -0.25) is 14.6 Å². The van der Waals surface area contributed by atoms with E-state index in [0.717, 1.165) is 83.0 Å². The molecule has 0 bridgehead atoms. The second-order valence-corrected chi connectivity index (χ2v) is 14.7. The zero-order chi connectivity index (χ0) is 36.6. The fraction of sp³-hybridized carbons (Fsp3) is 0.300. The highest BCUT2D eigenvalue weighted by Crippen LogP contribution is 2.46. The molecule has 5 heterocycles.